The second kappa shape index (κ2) is 56.2. The number of nitrogens with one attached hydrogen (secondary N) is 4. The molecular formula is C99H110Br2Cl3F3N16O18S4. The van der Waals surface area contributed by atoms with Crippen molar-refractivity contribution in [1.82, 2.24) is 60.8 Å². The van der Waals surface area contributed by atoms with Gasteiger partial charge in [0.05, 0.1) is 113 Å². The Balaban J connectivity index is 0.000000162. The number of thiazole rings is 4. The Morgan fingerprint density at radius 1 is 0.421 bits per heavy atom. The smallest absolute Gasteiger partial charge is 0.338 e. The van der Waals surface area contributed by atoms with Gasteiger partial charge in [-0.2, -0.15) is 0 Å². The van der Waals surface area contributed by atoms with Crippen LogP contribution in [0.3, 0.4) is 0 Å². The van der Waals surface area contributed by atoms with Crippen LogP contribution in [0.2, 0.25) is 15.1 Å². The first kappa shape index (κ1) is 112. The van der Waals surface area contributed by atoms with Gasteiger partial charge in [0.25, 0.3) is 12.9 Å². The van der Waals surface area contributed by atoms with E-state index in [4.69, 9.17) is 102 Å². The summed E-state index contributed by atoms with van der Waals surface area (Å²) in [6.07, 6.45) is 10.4. The lowest BCUT2D eigenvalue weighted by atomic mass is 9.95. The molecule has 4 aromatic carbocycles. The van der Waals surface area contributed by atoms with Gasteiger partial charge in [0.15, 0.2) is 43.4 Å². The van der Waals surface area contributed by atoms with Gasteiger partial charge < -0.3 is 73.4 Å². The molecule has 8 aromatic rings. The minimum Gasteiger partial charge on any atom is -0.468 e. The molecule has 16 rings (SSSR count). The van der Waals surface area contributed by atoms with Crippen molar-refractivity contribution < 1.29 is 98.9 Å². The Kier molecular flexibility index (Phi) is 43.4. The van der Waals surface area contributed by atoms with Crippen LogP contribution < -0.4 is 21.3 Å². The number of aromatic nitrogens is 4. The third kappa shape index (κ3) is 31.4. The van der Waals surface area contributed by atoms with Crippen LogP contribution in [0.5, 0.6) is 0 Å². The molecule has 8 atom stereocenters. The molecular weight excluding hydrogens is 2150 g/mol. The molecule has 0 aliphatic carbocycles. The second-order valence-electron chi connectivity index (χ2n) is 33.6. The van der Waals surface area contributed by atoms with Gasteiger partial charge in [0, 0.05) is 215 Å². The third-order valence-corrected chi connectivity index (χ3v) is 29.1. The van der Waals surface area contributed by atoms with Crippen molar-refractivity contribution in [3.63, 3.8) is 0 Å². The van der Waals surface area contributed by atoms with Gasteiger partial charge in [-0.05, 0) is 107 Å². The number of hydrogen-bond donors (Lipinski definition) is 4. The number of ketones is 2. The van der Waals surface area contributed by atoms with Crippen LogP contribution >= 0.6 is 112 Å². The van der Waals surface area contributed by atoms with E-state index in [2.05, 4.69) is 92.7 Å². The molecule has 4 N–H and O–H groups in total. The summed E-state index contributed by atoms with van der Waals surface area (Å²) in [6.45, 7) is 21.5. The fourth-order valence-electron chi connectivity index (χ4n) is 16.9. The number of Topliss-reactive ketones (excluding diaryl/α,β-unsaturated/α-hetero) is 2. The van der Waals surface area contributed by atoms with E-state index in [0.29, 0.717) is 293 Å². The molecule has 774 valence electrons. The topological polar surface area (TPSA) is 391 Å². The molecule has 4 aromatic heterocycles. The average molecular weight is 2260 g/mol. The standard InChI is InChI=1S/C26H30BrFN4O4S.C25H28BrFN4O4S.C24H26Cl2N4O5S.C24H26ClFN4O5S/c1-3-17(33)6-7-18-14-32(10-11-36-18)15-21-22(26(34)35-4-2)23(19-8-5-16(28)13-20(19)27)31-24(30-21)25-29-9-12-37-25;1-3-34-25(33)21-20(14-31-9-10-35-17(13-31)6-4-15(2)32)29-23(24-28-8-11-36-24)30-22(21)18-7-5-16(27)12-19(18)26;1-2-34-24(32)20-19(13-30-7-9-35-16(12-30)5-8-33-14-31)28-22(23-27-6-10-36-23)29-21(20)17-4-3-15(25)11-18(17)26;1-2-34-24(32)20-19(13-30-7-9-35-16(12-30)5-8-33-14-31)28-22(23-27-6-10-36-23)29-21(20)17-4-3-15(26)11-18(17)25/h5,8-9,12-13,18,23H,3-4,6-7,10-11,14-15H2,1-2H3,(H,30,31);5,7-8,11-12,17,22H,3-4,6,9-10,13-14H2,1-2H3,(H,29,30);2*3-4,6,10-11,14,16,21H,2,5,7-9,12-13H2,1H3,(H,28,29). The summed E-state index contributed by atoms with van der Waals surface area (Å²) in [7, 11) is 0. The van der Waals surface area contributed by atoms with E-state index in [1.54, 1.807) is 89.7 Å². The summed E-state index contributed by atoms with van der Waals surface area (Å²) < 4.78 is 97.4. The Morgan fingerprint density at radius 2 is 0.717 bits per heavy atom. The Morgan fingerprint density at radius 3 is 1.00 bits per heavy atom. The van der Waals surface area contributed by atoms with Gasteiger partial charge in [-0.15, -0.1) is 45.3 Å². The van der Waals surface area contributed by atoms with Crippen LogP contribution in [0.1, 0.15) is 153 Å². The van der Waals surface area contributed by atoms with Crippen molar-refractivity contribution in [2.24, 2.45) is 20.0 Å². The van der Waals surface area contributed by atoms with Gasteiger partial charge in [0.2, 0.25) is 0 Å². The maximum Gasteiger partial charge on any atom is 0.338 e. The minimum absolute atomic E-state index is 0.0615. The average Bonchev–Trinajstić information content (AvgIpc) is 1.66. The molecule has 34 nitrogen and oxygen atoms in total. The summed E-state index contributed by atoms with van der Waals surface area (Å²) >= 11 is 31.7. The zero-order valence-electron chi connectivity index (χ0n) is 80.2. The van der Waals surface area contributed by atoms with Gasteiger partial charge in [-0.1, -0.05) is 97.9 Å². The predicted molar refractivity (Wildman–Crippen MR) is 551 cm³/mol. The third-order valence-electron chi connectivity index (χ3n) is 23.7. The highest BCUT2D eigenvalue weighted by Crippen LogP contribution is 2.44. The molecule has 0 saturated carbocycles. The van der Waals surface area contributed by atoms with Crippen LogP contribution in [0.4, 0.5) is 13.2 Å². The molecule has 0 spiro atoms. The molecule has 12 heterocycles. The van der Waals surface area contributed by atoms with Crippen LogP contribution in [-0.2, 0) is 85.7 Å². The first-order valence-electron chi connectivity index (χ1n) is 47.1. The predicted octanol–water partition coefficient (Wildman–Crippen LogP) is 15.2. The summed E-state index contributed by atoms with van der Waals surface area (Å²) in [5, 5.41) is 24.5. The van der Waals surface area contributed by atoms with Gasteiger partial charge in [0.1, 0.15) is 53.2 Å². The molecule has 4 saturated heterocycles. The number of ether oxygens (including phenoxy) is 10. The van der Waals surface area contributed by atoms with Gasteiger partial charge in [-0.3, -0.25) is 54.0 Å². The number of amidine groups is 4. The summed E-state index contributed by atoms with van der Waals surface area (Å²) in [4.78, 5) is 143. The number of morpholine rings is 4. The highest BCUT2D eigenvalue weighted by Gasteiger charge is 2.42. The molecule has 8 aliphatic heterocycles. The zero-order chi connectivity index (χ0) is 103. The summed E-state index contributed by atoms with van der Waals surface area (Å²) in [5.74, 6) is -0.763. The molecule has 0 bridgehead atoms. The van der Waals surface area contributed by atoms with Gasteiger partial charge >= 0.3 is 23.9 Å². The maximum atomic E-state index is 13.9. The summed E-state index contributed by atoms with van der Waals surface area (Å²) in [5.41, 5.74) is 6.43. The molecule has 46 heteroatoms. The quantitative estimate of drug-likeness (QED) is 0.0120. The molecule has 0 amide bonds. The number of rotatable bonds is 39. The SMILES string of the molecule is CCOC(=O)C1=C(CN2CCOC(CCC(=O)CC)C2)NC(c2nccs2)=NC1c1ccc(F)cc1Br.CCOC(=O)C1=C(CN2CCOC(CCC(C)=O)C2)NC(c2nccs2)=NC1c1ccc(F)cc1Br.CCOC(=O)C1=C(CN2CCOC(CCOC=O)C2)NC(c2nccs2)=NC1c1ccc(Cl)cc1Cl.CCOC(=O)C1=C(CN2CCOC(CCOC=O)C2)NC(c2nccs2)=NC1c1ccc(F)cc1Cl. The van der Waals surface area contributed by atoms with Gasteiger partial charge in [-0.25, -0.2) is 52.3 Å². The minimum atomic E-state index is -0.815. The van der Waals surface area contributed by atoms with E-state index in [9.17, 15) is 51.5 Å². The van der Waals surface area contributed by atoms with Crippen LogP contribution in [0.25, 0.3) is 0 Å². The van der Waals surface area contributed by atoms with Crippen molar-refractivity contribution in [3.05, 3.63) is 248 Å². The van der Waals surface area contributed by atoms with Crippen molar-refractivity contribution in [2.75, 3.05) is 145 Å². The number of carbonyl (C=O) groups is 8. The van der Waals surface area contributed by atoms with E-state index >= 15 is 0 Å². The zero-order valence-corrected chi connectivity index (χ0v) is 88.9. The molecule has 8 unspecified atom stereocenters. The van der Waals surface area contributed by atoms with Crippen molar-refractivity contribution in [3.8, 4) is 0 Å². The number of esters is 4. The highest BCUT2D eigenvalue weighted by atomic mass is 79.9. The van der Waals surface area contributed by atoms with E-state index < -0.39 is 65.5 Å². The number of aliphatic imine (C=N–C) groups is 4. The molecule has 145 heavy (non-hydrogen) atoms. The fraction of sp³-hybridized carbons (Fsp3) is 0.434. The van der Waals surface area contributed by atoms with Crippen LogP contribution in [-0.4, -0.2) is 280 Å². The Bertz CT molecular complexity index is 5910. The molecule has 0 radical (unpaired) electrons. The maximum absolute atomic E-state index is 13.9. The normalized spacial score (nSPS) is 20.5. The van der Waals surface area contributed by atoms with E-state index in [0.717, 1.165) is 0 Å². The first-order chi connectivity index (χ1) is 70.2. The number of halogens is 8. The van der Waals surface area contributed by atoms with Crippen molar-refractivity contribution in [1.29, 1.82) is 0 Å². The lowest BCUT2D eigenvalue weighted by molar-refractivity contribution is -0.139. The van der Waals surface area contributed by atoms with Crippen LogP contribution in [0, 0.1) is 17.5 Å². The molecule has 8 aliphatic rings. The van der Waals surface area contributed by atoms with Crippen molar-refractivity contribution >= 4 is 184 Å². The highest BCUT2D eigenvalue weighted by molar-refractivity contribution is 9.10. The number of benzene rings is 4. The number of hydrogen-bond acceptors (Lipinski definition) is 38. The Hall–Kier alpha value is -10.3. The fourth-order valence-corrected chi connectivity index (χ4v) is 21.2. The van der Waals surface area contributed by atoms with E-state index in [-0.39, 0.29) is 80.6 Å². The lowest BCUT2D eigenvalue weighted by Crippen LogP contribution is -2.46. The second-order valence-corrected chi connectivity index (χ2v) is 40.1. The number of carbonyl (C=O) groups excluding carboxylic acids is 8. The van der Waals surface area contributed by atoms with E-state index in [1.165, 1.54) is 87.8 Å². The molecule has 4 fully saturated rings. The van der Waals surface area contributed by atoms with Crippen molar-refractivity contribution in [2.45, 2.75) is 135 Å². The lowest BCUT2D eigenvalue weighted by Gasteiger charge is -2.35. The Labute approximate surface area is 884 Å². The summed E-state index contributed by atoms with van der Waals surface area (Å²) in [6, 6.07) is 14.9. The van der Waals surface area contributed by atoms with Crippen LogP contribution in [0.15, 0.2) is 193 Å². The monoisotopic (exact) mass is 2260 g/mol. The number of nitrogens with zero attached hydrogens (tertiary/aromatic N) is 12. The first-order valence-corrected chi connectivity index (χ1v) is 53.3. The van der Waals surface area contributed by atoms with E-state index in [1.807, 2.05) is 28.4 Å². The largest absolute Gasteiger partial charge is 0.468 e.